The molecule has 23 heavy (non-hydrogen) atoms. The molecule has 3 N–H and O–H groups in total. The molecule has 1 heterocycles. The molecule has 8 heteroatoms. The highest BCUT2D eigenvalue weighted by molar-refractivity contribution is 7.22. The van der Waals surface area contributed by atoms with E-state index in [1.165, 1.54) is 0 Å². The Hall–Kier alpha value is -1.29. The number of aliphatic hydroxyl groups excluding tert-OH is 2. The largest absolute Gasteiger partial charge is 0.394 e. The van der Waals surface area contributed by atoms with Crippen LogP contribution in [0.3, 0.4) is 0 Å². The summed E-state index contributed by atoms with van der Waals surface area (Å²) in [6.45, 7) is 2.91. The lowest BCUT2D eigenvalue weighted by atomic mass is 10.3. The van der Waals surface area contributed by atoms with E-state index in [2.05, 4.69) is 10.4 Å². The Labute approximate surface area is 139 Å². The molecule has 0 aliphatic carbocycles. The molecule has 2 rings (SSSR count). The van der Waals surface area contributed by atoms with Gasteiger partial charge in [0.2, 0.25) is 5.13 Å². The summed E-state index contributed by atoms with van der Waals surface area (Å²) >= 11 is 1.60. The first-order valence-electron chi connectivity index (χ1n) is 7.59. The maximum absolute atomic E-state index is 8.77. The Morgan fingerprint density at radius 2 is 1.78 bits per heavy atom. The first-order chi connectivity index (χ1) is 11.3. The Balaban J connectivity index is 1.93. The fraction of sp³-hybridized carbons (Fsp3) is 0.533. The number of aliphatic hydroxyl groups is 2. The van der Waals surface area contributed by atoms with E-state index >= 15 is 0 Å². The highest BCUT2D eigenvalue weighted by atomic mass is 32.1. The number of fused-ring (bicyclic) bond motifs is 1. The molecule has 0 bridgehead atoms. The molecule has 128 valence electrons. The minimum atomic E-state index is 0.0174. The van der Waals surface area contributed by atoms with Crippen molar-refractivity contribution < 1.29 is 19.7 Å². The number of aromatic nitrogens is 1. The van der Waals surface area contributed by atoms with Crippen LogP contribution in [0.4, 0.5) is 5.13 Å². The summed E-state index contributed by atoms with van der Waals surface area (Å²) in [5, 5.41) is 20.3. The van der Waals surface area contributed by atoms with E-state index in [9.17, 15) is 0 Å². The standard InChI is InChI=1S/C15H23N3O4S/c19-7-11-21-9-5-16-18(6-10-22-12-8-20)15-17-13-3-1-2-4-14(13)23-15/h1-4,16,19-20H,5-12H2. The van der Waals surface area contributed by atoms with Crippen molar-refractivity contribution in [2.75, 3.05) is 57.7 Å². The molecule has 1 aromatic heterocycles. The van der Waals surface area contributed by atoms with Crippen LogP contribution < -0.4 is 10.4 Å². The van der Waals surface area contributed by atoms with Crippen molar-refractivity contribution in [3.8, 4) is 0 Å². The average molecular weight is 341 g/mol. The van der Waals surface area contributed by atoms with Crippen LogP contribution in [0, 0.1) is 0 Å². The second-order valence-electron chi connectivity index (χ2n) is 4.70. The molecular weight excluding hydrogens is 318 g/mol. The van der Waals surface area contributed by atoms with Crippen molar-refractivity contribution in [3.63, 3.8) is 0 Å². The molecule has 1 aromatic carbocycles. The van der Waals surface area contributed by atoms with Gasteiger partial charge in [-0.15, -0.1) is 0 Å². The number of thiazole rings is 1. The van der Waals surface area contributed by atoms with Gasteiger partial charge in [-0.3, -0.25) is 5.01 Å². The molecule has 2 aromatic rings. The number of nitrogens with zero attached hydrogens (tertiary/aromatic N) is 2. The lowest BCUT2D eigenvalue weighted by molar-refractivity contribution is 0.0889. The number of nitrogens with one attached hydrogen (secondary N) is 1. The molecule has 0 radical (unpaired) electrons. The zero-order chi connectivity index (χ0) is 16.3. The number of ether oxygens (including phenoxy) is 2. The van der Waals surface area contributed by atoms with Crippen LogP contribution in [-0.4, -0.2) is 67.9 Å². The fourth-order valence-electron chi connectivity index (χ4n) is 1.96. The highest BCUT2D eigenvalue weighted by Gasteiger charge is 2.11. The predicted octanol–water partition coefficient (Wildman–Crippen LogP) is 0.625. The van der Waals surface area contributed by atoms with Crippen molar-refractivity contribution in [2.45, 2.75) is 0 Å². The maximum atomic E-state index is 8.77. The maximum Gasteiger partial charge on any atom is 0.201 e. The minimum Gasteiger partial charge on any atom is -0.394 e. The van der Waals surface area contributed by atoms with E-state index in [4.69, 9.17) is 19.7 Å². The Bertz CT molecular complexity index is 533. The van der Waals surface area contributed by atoms with Crippen molar-refractivity contribution in [1.29, 1.82) is 0 Å². The van der Waals surface area contributed by atoms with Gasteiger partial charge in [0, 0.05) is 6.54 Å². The molecule has 0 saturated carbocycles. The summed E-state index contributed by atoms with van der Waals surface area (Å²) in [6, 6.07) is 7.99. The third kappa shape index (κ3) is 6.02. The number of para-hydroxylation sites is 1. The molecular formula is C15H23N3O4S. The number of hydrogen-bond acceptors (Lipinski definition) is 8. The smallest absolute Gasteiger partial charge is 0.201 e. The average Bonchev–Trinajstić information content (AvgIpc) is 3.00. The van der Waals surface area contributed by atoms with Crippen LogP contribution >= 0.6 is 11.3 Å². The van der Waals surface area contributed by atoms with Gasteiger partial charge in [-0.05, 0) is 12.1 Å². The second-order valence-corrected chi connectivity index (χ2v) is 5.70. The van der Waals surface area contributed by atoms with Crippen LogP contribution in [0.1, 0.15) is 0 Å². The van der Waals surface area contributed by atoms with E-state index in [0.717, 1.165) is 15.3 Å². The number of rotatable bonds is 12. The number of benzene rings is 1. The van der Waals surface area contributed by atoms with Gasteiger partial charge in [0.1, 0.15) is 0 Å². The molecule has 0 aliphatic rings. The van der Waals surface area contributed by atoms with Gasteiger partial charge in [-0.1, -0.05) is 23.5 Å². The first kappa shape index (κ1) is 18.1. The summed E-state index contributed by atoms with van der Waals surface area (Å²) in [4.78, 5) is 4.62. The van der Waals surface area contributed by atoms with Crippen molar-refractivity contribution in [2.24, 2.45) is 0 Å². The molecule has 0 atom stereocenters. The van der Waals surface area contributed by atoms with Crippen LogP contribution in [0.15, 0.2) is 24.3 Å². The summed E-state index contributed by atoms with van der Waals surface area (Å²) in [7, 11) is 0. The van der Waals surface area contributed by atoms with E-state index in [-0.39, 0.29) is 13.2 Å². The van der Waals surface area contributed by atoms with Crippen LogP contribution in [0.2, 0.25) is 0 Å². The van der Waals surface area contributed by atoms with Gasteiger partial charge in [-0.2, -0.15) is 0 Å². The summed E-state index contributed by atoms with van der Waals surface area (Å²) < 4.78 is 11.7. The van der Waals surface area contributed by atoms with Crippen molar-refractivity contribution >= 4 is 26.7 Å². The zero-order valence-electron chi connectivity index (χ0n) is 13.0. The quantitative estimate of drug-likeness (QED) is 0.385. The fourth-order valence-corrected chi connectivity index (χ4v) is 2.93. The molecule has 0 aliphatic heterocycles. The van der Waals surface area contributed by atoms with E-state index < -0.39 is 0 Å². The van der Waals surface area contributed by atoms with Gasteiger partial charge in [0.25, 0.3) is 0 Å². The molecule has 7 nitrogen and oxygen atoms in total. The molecule has 0 amide bonds. The van der Waals surface area contributed by atoms with Gasteiger partial charge < -0.3 is 19.7 Å². The summed E-state index contributed by atoms with van der Waals surface area (Å²) in [5.74, 6) is 0. The number of hydrazine groups is 1. The Morgan fingerprint density at radius 1 is 1.04 bits per heavy atom. The highest BCUT2D eigenvalue weighted by Crippen LogP contribution is 2.27. The van der Waals surface area contributed by atoms with Crippen LogP contribution in [-0.2, 0) is 9.47 Å². The molecule has 0 saturated heterocycles. The van der Waals surface area contributed by atoms with E-state index in [1.54, 1.807) is 11.3 Å². The summed E-state index contributed by atoms with van der Waals surface area (Å²) in [6.07, 6.45) is 0. The normalized spacial score (nSPS) is 11.2. The van der Waals surface area contributed by atoms with E-state index in [1.807, 2.05) is 29.3 Å². The third-order valence-electron chi connectivity index (χ3n) is 2.99. The lowest BCUT2D eigenvalue weighted by Crippen LogP contribution is -2.42. The monoisotopic (exact) mass is 341 g/mol. The Morgan fingerprint density at radius 3 is 2.52 bits per heavy atom. The first-order valence-corrected chi connectivity index (χ1v) is 8.40. The van der Waals surface area contributed by atoms with Gasteiger partial charge in [0.05, 0.1) is 56.4 Å². The van der Waals surface area contributed by atoms with Gasteiger partial charge >= 0.3 is 0 Å². The molecule has 0 fully saturated rings. The van der Waals surface area contributed by atoms with Crippen molar-refractivity contribution in [3.05, 3.63) is 24.3 Å². The topological polar surface area (TPSA) is 87.1 Å². The minimum absolute atomic E-state index is 0.0174. The SMILES string of the molecule is OCCOCCNN(CCOCCO)c1nc2ccccc2s1. The molecule has 0 unspecified atom stereocenters. The van der Waals surface area contributed by atoms with Gasteiger partial charge in [0.15, 0.2) is 0 Å². The van der Waals surface area contributed by atoms with Gasteiger partial charge in [-0.25, -0.2) is 10.4 Å². The summed E-state index contributed by atoms with van der Waals surface area (Å²) in [5.41, 5.74) is 4.23. The Kier molecular flexibility index (Phi) is 8.23. The van der Waals surface area contributed by atoms with Crippen molar-refractivity contribution in [1.82, 2.24) is 10.4 Å². The van der Waals surface area contributed by atoms with Crippen LogP contribution in [0.25, 0.3) is 10.2 Å². The predicted molar refractivity (Wildman–Crippen MR) is 90.8 cm³/mol. The second kappa shape index (κ2) is 10.5. The van der Waals surface area contributed by atoms with Crippen LogP contribution in [0.5, 0.6) is 0 Å². The number of anilines is 1. The third-order valence-corrected chi connectivity index (χ3v) is 4.05. The molecule has 0 spiro atoms. The zero-order valence-corrected chi connectivity index (χ0v) is 13.8. The number of hydrogen-bond donors (Lipinski definition) is 3. The lowest BCUT2D eigenvalue weighted by Gasteiger charge is -2.22. The van der Waals surface area contributed by atoms with E-state index in [0.29, 0.717) is 39.5 Å².